The summed E-state index contributed by atoms with van der Waals surface area (Å²) in [5.74, 6) is 1.51. The van der Waals surface area contributed by atoms with Crippen molar-refractivity contribution in [3.05, 3.63) is 48.0 Å². The van der Waals surface area contributed by atoms with E-state index in [4.69, 9.17) is 4.74 Å². The Kier molecular flexibility index (Phi) is 2.37. The zero-order chi connectivity index (χ0) is 11.8. The molecule has 2 unspecified atom stereocenters. The van der Waals surface area contributed by atoms with Crippen LogP contribution in [0.1, 0.15) is 23.4 Å². The van der Waals surface area contributed by atoms with Gasteiger partial charge < -0.3 is 14.4 Å². The van der Waals surface area contributed by atoms with Gasteiger partial charge >= 0.3 is 0 Å². The fraction of sp³-hybridized carbons (Fsp3) is 0.308. The van der Waals surface area contributed by atoms with Gasteiger partial charge in [0.15, 0.2) is 0 Å². The van der Waals surface area contributed by atoms with E-state index in [0.29, 0.717) is 12.4 Å². The van der Waals surface area contributed by atoms with Crippen LogP contribution in [0.4, 0.5) is 0 Å². The lowest BCUT2D eigenvalue weighted by Gasteiger charge is -2.16. The number of para-hydroxylation sites is 1. The summed E-state index contributed by atoms with van der Waals surface area (Å²) in [7, 11) is 1.88. The van der Waals surface area contributed by atoms with Gasteiger partial charge in [-0.25, -0.2) is 4.98 Å². The number of aromatic nitrogens is 2. The molecule has 2 heterocycles. The molecule has 0 saturated carbocycles. The molecule has 0 bridgehead atoms. The van der Waals surface area contributed by atoms with Crippen molar-refractivity contribution in [2.45, 2.75) is 12.0 Å². The first-order chi connectivity index (χ1) is 8.27. The lowest BCUT2D eigenvalue weighted by Crippen LogP contribution is -2.16. The lowest BCUT2D eigenvalue weighted by atomic mass is 9.95. The summed E-state index contributed by atoms with van der Waals surface area (Å²) < 4.78 is 7.41. The molecule has 1 aliphatic rings. The topological polar surface area (TPSA) is 47.3 Å². The van der Waals surface area contributed by atoms with Crippen LogP contribution in [0, 0.1) is 0 Å². The van der Waals surface area contributed by atoms with Crippen LogP contribution in [-0.4, -0.2) is 21.3 Å². The number of fused-ring (bicyclic) bond motifs is 1. The molecule has 0 aliphatic carbocycles. The highest BCUT2D eigenvalue weighted by Crippen LogP contribution is 2.40. The maximum Gasteiger partial charge on any atom is 0.138 e. The smallest absolute Gasteiger partial charge is 0.138 e. The number of benzene rings is 1. The normalized spacial score (nSPS) is 19.8. The van der Waals surface area contributed by atoms with Crippen LogP contribution in [0.3, 0.4) is 0 Å². The molecule has 1 N–H and O–H groups in total. The van der Waals surface area contributed by atoms with Crippen molar-refractivity contribution >= 4 is 0 Å². The van der Waals surface area contributed by atoms with Crippen molar-refractivity contribution in [2.24, 2.45) is 7.05 Å². The fourth-order valence-electron chi connectivity index (χ4n) is 2.29. The van der Waals surface area contributed by atoms with Crippen LogP contribution >= 0.6 is 0 Å². The molecular formula is C13H14N2O2. The summed E-state index contributed by atoms with van der Waals surface area (Å²) in [5, 5.41) is 10.4. The second-order valence-electron chi connectivity index (χ2n) is 4.30. The van der Waals surface area contributed by atoms with Crippen LogP contribution in [0.25, 0.3) is 0 Å². The average molecular weight is 230 g/mol. The van der Waals surface area contributed by atoms with Crippen LogP contribution in [0.2, 0.25) is 0 Å². The molecule has 1 aromatic carbocycles. The minimum Gasteiger partial charge on any atom is -0.493 e. The Hall–Kier alpha value is -1.81. The molecule has 4 heteroatoms. The standard InChI is InChI=1S/C13H14N2O2/c1-15-7-6-14-13(15)12(16)10-8-17-11-5-3-2-4-9(10)11/h2-7,10,12,16H,8H2,1H3. The van der Waals surface area contributed by atoms with E-state index >= 15 is 0 Å². The monoisotopic (exact) mass is 230 g/mol. The van der Waals surface area contributed by atoms with Gasteiger partial charge in [0.1, 0.15) is 17.7 Å². The number of ether oxygens (including phenoxy) is 1. The number of imidazole rings is 1. The Morgan fingerprint density at radius 3 is 3.06 bits per heavy atom. The Morgan fingerprint density at radius 1 is 1.47 bits per heavy atom. The van der Waals surface area contributed by atoms with Crippen molar-refractivity contribution in [3.63, 3.8) is 0 Å². The molecule has 2 atom stereocenters. The maximum atomic E-state index is 10.4. The third-order valence-corrected chi connectivity index (χ3v) is 3.24. The van der Waals surface area contributed by atoms with Crippen molar-refractivity contribution in [1.29, 1.82) is 0 Å². The summed E-state index contributed by atoms with van der Waals surface area (Å²) in [6.45, 7) is 0.507. The zero-order valence-corrected chi connectivity index (χ0v) is 9.58. The molecule has 17 heavy (non-hydrogen) atoms. The third-order valence-electron chi connectivity index (χ3n) is 3.24. The minimum atomic E-state index is -0.626. The minimum absolute atomic E-state index is 0.0349. The van der Waals surface area contributed by atoms with E-state index in [9.17, 15) is 5.11 Å². The summed E-state index contributed by atoms with van der Waals surface area (Å²) in [5.41, 5.74) is 1.06. The summed E-state index contributed by atoms with van der Waals surface area (Å²) in [6.07, 6.45) is 2.90. The molecule has 0 radical (unpaired) electrons. The molecule has 4 nitrogen and oxygen atoms in total. The van der Waals surface area contributed by atoms with Crippen LogP contribution in [0.5, 0.6) is 5.75 Å². The second kappa shape index (κ2) is 3.89. The van der Waals surface area contributed by atoms with E-state index in [2.05, 4.69) is 4.98 Å². The average Bonchev–Trinajstić information content (AvgIpc) is 2.94. The Bertz CT molecular complexity index is 536. The highest BCUT2D eigenvalue weighted by molar-refractivity contribution is 5.40. The molecule has 3 rings (SSSR count). The van der Waals surface area contributed by atoms with Gasteiger partial charge in [-0.05, 0) is 6.07 Å². The molecule has 0 spiro atoms. The lowest BCUT2D eigenvalue weighted by molar-refractivity contribution is 0.119. The number of nitrogens with zero attached hydrogens (tertiary/aromatic N) is 2. The molecule has 0 amide bonds. The van der Waals surface area contributed by atoms with E-state index in [-0.39, 0.29) is 5.92 Å². The Balaban J connectivity index is 1.95. The molecular weight excluding hydrogens is 216 g/mol. The SMILES string of the molecule is Cn1ccnc1C(O)C1COc2ccccc21. The largest absolute Gasteiger partial charge is 0.493 e. The Labute approximate surface area is 99.5 Å². The quantitative estimate of drug-likeness (QED) is 0.853. The van der Waals surface area contributed by atoms with Gasteiger partial charge in [0.25, 0.3) is 0 Å². The molecule has 0 saturated heterocycles. The first-order valence-corrected chi connectivity index (χ1v) is 5.64. The highest BCUT2D eigenvalue weighted by Gasteiger charge is 2.32. The van der Waals surface area contributed by atoms with E-state index < -0.39 is 6.10 Å². The van der Waals surface area contributed by atoms with Gasteiger partial charge in [0, 0.05) is 25.0 Å². The van der Waals surface area contributed by atoms with Crippen molar-refractivity contribution in [2.75, 3.05) is 6.61 Å². The van der Waals surface area contributed by atoms with Crippen molar-refractivity contribution in [1.82, 2.24) is 9.55 Å². The highest BCUT2D eigenvalue weighted by atomic mass is 16.5. The van der Waals surface area contributed by atoms with E-state index in [0.717, 1.165) is 11.3 Å². The van der Waals surface area contributed by atoms with Gasteiger partial charge in [-0.3, -0.25) is 0 Å². The third kappa shape index (κ3) is 1.61. The van der Waals surface area contributed by atoms with Gasteiger partial charge in [-0.1, -0.05) is 18.2 Å². The van der Waals surface area contributed by atoms with Crippen molar-refractivity contribution in [3.8, 4) is 5.75 Å². The summed E-state index contributed by atoms with van der Waals surface area (Å²) in [4.78, 5) is 4.19. The van der Waals surface area contributed by atoms with Crippen LogP contribution in [0.15, 0.2) is 36.7 Å². The fourth-order valence-corrected chi connectivity index (χ4v) is 2.29. The number of rotatable bonds is 2. The predicted octanol–water partition coefficient (Wildman–Crippen LogP) is 1.63. The molecule has 88 valence electrons. The molecule has 1 aliphatic heterocycles. The van der Waals surface area contributed by atoms with Crippen LogP contribution in [-0.2, 0) is 7.05 Å². The van der Waals surface area contributed by atoms with Crippen molar-refractivity contribution < 1.29 is 9.84 Å². The van der Waals surface area contributed by atoms with E-state index in [1.165, 1.54) is 0 Å². The first-order valence-electron chi connectivity index (χ1n) is 5.64. The van der Waals surface area contributed by atoms with Crippen LogP contribution < -0.4 is 4.74 Å². The van der Waals surface area contributed by atoms with Gasteiger partial charge in [-0.15, -0.1) is 0 Å². The molecule has 1 aromatic heterocycles. The van der Waals surface area contributed by atoms with Gasteiger partial charge in [0.2, 0.25) is 0 Å². The predicted molar refractivity (Wildman–Crippen MR) is 62.8 cm³/mol. The number of aliphatic hydroxyl groups excluding tert-OH is 1. The summed E-state index contributed by atoms with van der Waals surface area (Å²) >= 11 is 0. The van der Waals surface area contributed by atoms with Gasteiger partial charge in [-0.2, -0.15) is 0 Å². The van der Waals surface area contributed by atoms with E-state index in [1.54, 1.807) is 6.20 Å². The van der Waals surface area contributed by atoms with E-state index in [1.807, 2.05) is 42.1 Å². The Morgan fingerprint density at radius 2 is 2.29 bits per heavy atom. The first kappa shape index (κ1) is 10.4. The number of aryl methyl sites for hydroxylation is 1. The zero-order valence-electron chi connectivity index (χ0n) is 9.58. The summed E-state index contributed by atoms with van der Waals surface area (Å²) in [6, 6.07) is 7.83. The van der Waals surface area contributed by atoms with Gasteiger partial charge in [0.05, 0.1) is 12.5 Å². The second-order valence-corrected chi connectivity index (χ2v) is 4.30. The number of hydrogen-bond acceptors (Lipinski definition) is 3. The number of aliphatic hydroxyl groups is 1. The maximum absolute atomic E-state index is 10.4. The number of hydrogen-bond donors (Lipinski definition) is 1. The molecule has 0 fully saturated rings. The molecule has 2 aromatic rings.